The van der Waals surface area contributed by atoms with Gasteiger partial charge < -0.3 is 10.2 Å². The summed E-state index contributed by atoms with van der Waals surface area (Å²) in [6.45, 7) is 6.16. The predicted molar refractivity (Wildman–Crippen MR) is 134 cm³/mol. The molecule has 0 aliphatic rings. The molecule has 35 heavy (non-hydrogen) atoms. The van der Waals surface area contributed by atoms with E-state index in [0.29, 0.717) is 11.1 Å². The Balaban J connectivity index is 1.74. The van der Waals surface area contributed by atoms with Gasteiger partial charge in [0.15, 0.2) is 0 Å². The van der Waals surface area contributed by atoms with Crippen molar-refractivity contribution in [3.8, 4) is 0 Å². The van der Waals surface area contributed by atoms with Crippen LogP contribution in [0.1, 0.15) is 44.4 Å². The third-order valence-corrected chi connectivity index (χ3v) is 6.13. The Morgan fingerprint density at radius 1 is 1.03 bits per heavy atom. The van der Waals surface area contributed by atoms with E-state index in [0.717, 1.165) is 17.5 Å². The Morgan fingerprint density at radius 2 is 1.77 bits per heavy atom. The number of rotatable bonds is 9. The van der Waals surface area contributed by atoms with Crippen LogP contribution in [0.15, 0.2) is 79.1 Å². The van der Waals surface area contributed by atoms with Gasteiger partial charge in [0.05, 0.1) is 5.52 Å². The van der Waals surface area contributed by atoms with Gasteiger partial charge in [-0.2, -0.15) is 0 Å². The molecule has 2 heterocycles. The lowest BCUT2D eigenvalue weighted by atomic mass is 9.99. The second-order valence-electron chi connectivity index (χ2n) is 9.16. The van der Waals surface area contributed by atoms with Gasteiger partial charge in [-0.1, -0.05) is 60.7 Å². The molecule has 0 saturated carbocycles. The van der Waals surface area contributed by atoms with Crippen LogP contribution >= 0.6 is 0 Å². The summed E-state index contributed by atoms with van der Waals surface area (Å²) in [7, 11) is 0. The van der Waals surface area contributed by atoms with Gasteiger partial charge in [-0.15, -0.1) is 5.10 Å². The van der Waals surface area contributed by atoms with E-state index in [9.17, 15) is 9.59 Å². The molecule has 0 unspecified atom stereocenters. The van der Waals surface area contributed by atoms with Gasteiger partial charge in [0.1, 0.15) is 18.1 Å². The largest absolute Gasteiger partial charge is 0.349 e. The molecular formula is C27H30N6O2. The number of benzene rings is 2. The molecule has 4 aromatic rings. The van der Waals surface area contributed by atoms with Gasteiger partial charge in [0, 0.05) is 30.0 Å². The van der Waals surface area contributed by atoms with Gasteiger partial charge in [0.2, 0.25) is 11.8 Å². The topological polar surface area (TPSA) is 93.0 Å². The lowest BCUT2D eigenvalue weighted by Crippen LogP contribution is -2.50. The minimum absolute atomic E-state index is 0.0471. The van der Waals surface area contributed by atoms with Crippen LogP contribution in [0.4, 0.5) is 0 Å². The molecule has 2 aromatic carbocycles. The van der Waals surface area contributed by atoms with E-state index in [1.807, 2.05) is 81.4 Å². The quantitative estimate of drug-likeness (QED) is 0.400. The number of carbonyl (C=O) groups excluding carboxylic acids is 2. The van der Waals surface area contributed by atoms with E-state index < -0.39 is 11.6 Å². The first-order valence-corrected chi connectivity index (χ1v) is 11.7. The molecule has 0 spiro atoms. The molecule has 0 aliphatic heterocycles. The molecule has 1 N–H and O–H groups in total. The van der Waals surface area contributed by atoms with Crippen LogP contribution in [0.25, 0.3) is 11.0 Å². The van der Waals surface area contributed by atoms with Crippen molar-refractivity contribution >= 4 is 22.8 Å². The maximum absolute atomic E-state index is 13.8. The average molecular weight is 471 g/mol. The Hall–Kier alpha value is -4.07. The van der Waals surface area contributed by atoms with Crippen molar-refractivity contribution in [1.82, 2.24) is 30.2 Å². The van der Waals surface area contributed by atoms with Crippen molar-refractivity contribution in [2.75, 3.05) is 0 Å². The second kappa shape index (κ2) is 10.5. The summed E-state index contributed by atoms with van der Waals surface area (Å²) >= 11 is 0. The van der Waals surface area contributed by atoms with Gasteiger partial charge in [0.25, 0.3) is 0 Å². The fourth-order valence-corrected chi connectivity index (χ4v) is 3.86. The molecule has 8 nitrogen and oxygen atoms in total. The van der Waals surface area contributed by atoms with Gasteiger partial charge in [-0.05, 0) is 44.0 Å². The Bertz CT molecular complexity index is 1290. The van der Waals surface area contributed by atoms with Crippen LogP contribution in [0.5, 0.6) is 0 Å². The summed E-state index contributed by atoms with van der Waals surface area (Å²) in [5, 5.41) is 11.5. The highest BCUT2D eigenvalue weighted by Crippen LogP contribution is 2.25. The van der Waals surface area contributed by atoms with E-state index in [1.54, 1.807) is 28.0 Å². The first kappa shape index (κ1) is 24.1. The standard InChI is InChI=1S/C27H30N6O2/c1-4-27(2,3)29-26(35)25(21-13-10-16-28-17-21)32(18-20-11-6-5-7-12-20)24(34)19-33-23-15-9-8-14-22(23)30-31-33/h5-17,25H,4,18-19H2,1-3H3,(H,29,35)/t25-/m1/s1. The highest BCUT2D eigenvalue weighted by molar-refractivity contribution is 5.89. The smallest absolute Gasteiger partial charge is 0.247 e. The number of amides is 2. The zero-order valence-electron chi connectivity index (χ0n) is 20.3. The zero-order valence-corrected chi connectivity index (χ0v) is 20.3. The molecule has 4 rings (SSSR count). The van der Waals surface area contributed by atoms with Gasteiger partial charge >= 0.3 is 0 Å². The molecule has 2 aromatic heterocycles. The van der Waals surface area contributed by atoms with Crippen molar-refractivity contribution in [2.45, 2.75) is 51.9 Å². The van der Waals surface area contributed by atoms with Gasteiger partial charge in [-0.25, -0.2) is 4.68 Å². The summed E-state index contributed by atoms with van der Waals surface area (Å²) < 4.78 is 1.57. The zero-order chi connectivity index (χ0) is 24.8. The number of nitrogens with zero attached hydrogens (tertiary/aromatic N) is 5. The summed E-state index contributed by atoms with van der Waals surface area (Å²) in [6, 6.07) is 19.9. The van der Waals surface area contributed by atoms with Crippen LogP contribution < -0.4 is 5.32 Å². The van der Waals surface area contributed by atoms with Crippen molar-refractivity contribution in [2.24, 2.45) is 0 Å². The van der Waals surface area contributed by atoms with Crippen molar-refractivity contribution in [3.63, 3.8) is 0 Å². The van der Waals surface area contributed by atoms with Crippen LogP contribution in [0.3, 0.4) is 0 Å². The number of fused-ring (bicyclic) bond motifs is 1. The van der Waals surface area contributed by atoms with Crippen molar-refractivity contribution in [3.05, 3.63) is 90.3 Å². The SMILES string of the molecule is CCC(C)(C)NC(=O)[C@@H](c1cccnc1)N(Cc1ccccc1)C(=O)Cn1nnc2ccccc21. The van der Waals surface area contributed by atoms with E-state index >= 15 is 0 Å². The number of carbonyl (C=O) groups is 2. The maximum Gasteiger partial charge on any atom is 0.247 e. The van der Waals surface area contributed by atoms with E-state index in [1.165, 1.54) is 0 Å². The van der Waals surface area contributed by atoms with Crippen LogP contribution in [0.2, 0.25) is 0 Å². The Kier molecular flexibility index (Phi) is 7.19. The van der Waals surface area contributed by atoms with E-state index in [4.69, 9.17) is 0 Å². The molecule has 8 heteroatoms. The number of hydrogen-bond acceptors (Lipinski definition) is 5. The number of hydrogen-bond donors (Lipinski definition) is 1. The summed E-state index contributed by atoms with van der Waals surface area (Å²) in [5.41, 5.74) is 2.60. The first-order valence-electron chi connectivity index (χ1n) is 11.7. The Labute approximate surface area is 205 Å². The summed E-state index contributed by atoms with van der Waals surface area (Å²) in [4.78, 5) is 33.4. The van der Waals surface area contributed by atoms with Crippen LogP contribution in [-0.4, -0.2) is 42.2 Å². The summed E-state index contributed by atoms with van der Waals surface area (Å²) in [5.74, 6) is -0.500. The second-order valence-corrected chi connectivity index (χ2v) is 9.16. The lowest BCUT2D eigenvalue weighted by Gasteiger charge is -2.34. The predicted octanol–water partition coefficient (Wildman–Crippen LogP) is 3.90. The van der Waals surface area contributed by atoms with E-state index in [2.05, 4.69) is 20.6 Å². The minimum atomic E-state index is -0.864. The molecule has 0 radical (unpaired) electrons. The normalized spacial score (nSPS) is 12.3. The molecule has 0 aliphatic carbocycles. The molecule has 0 saturated heterocycles. The number of para-hydroxylation sites is 1. The lowest BCUT2D eigenvalue weighted by molar-refractivity contribution is -0.143. The van der Waals surface area contributed by atoms with Crippen molar-refractivity contribution < 1.29 is 9.59 Å². The summed E-state index contributed by atoms with van der Waals surface area (Å²) in [6.07, 6.45) is 4.04. The number of pyridine rings is 1. The molecule has 0 bridgehead atoms. The van der Waals surface area contributed by atoms with E-state index in [-0.39, 0.29) is 24.9 Å². The molecule has 180 valence electrons. The van der Waals surface area contributed by atoms with Crippen LogP contribution in [-0.2, 0) is 22.7 Å². The fourth-order valence-electron chi connectivity index (χ4n) is 3.86. The first-order chi connectivity index (χ1) is 16.9. The molecule has 0 fully saturated rings. The minimum Gasteiger partial charge on any atom is -0.349 e. The molecule has 2 amide bonds. The highest BCUT2D eigenvalue weighted by Gasteiger charge is 2.34. The third kappa shape index (κ3) is 5.71. The third-order valence-electron chi connectivity index (χ3n) is 6.13. The highest BCUT2D eigenvalue weighted by atomic mass is 16.2. The molecular weight excluding hydrogens is 440 g/mol. The van der Waals surface area contributed by atoms with Crippen LogP contribution in [0, 0.1) is 0 Å². The molecule has 1 atom stereocenters. The number of aromatic nitrogens is 4. The average Bonchev–Trinajstić information content (AvgIpc) is 3.27. The maximum atomic E-state index is 13.8. The van der Waals surface area contributed by atoms with Crippen molar-refractivity contribution in [1.29, 1.82) is 0 Å². The monoisotopic (exact) mass is 470 g/mol. The van der Waals surface area contributed by atoms with Gasteiger partial charge in [-0.3, -0.25) is 14.6 Å². The number of nitrogens with one attached hydrogen (secondary N) is 1. The fraction of sp³-hybridized carbons (Fsp3) is 0.296. The Morgan fingerprint density at radius 3 is 2.49 bits per heavy atom.